The lowest BCUT2D eigenvalue weighted by molar-refractivity contribution is 0.0640. The Kier molecular flexibility index (Phi) is 3.27. The van der Waals surface area contributed by atoms with Crippen molar-refractivity contribution >= 4 is 15.8 Å². The third kappa shape index (κ3) is 2.71. The highest BCUT2D eigenvalue weighted by atomic mass is 32.2. The molecule has 0 saturated heterocycles. The minimum Gasteiger partial charge on any atom is -0.389 e. The molecule has 0 unspecified atom stereocenters. The Morgan fingerprint density at radius 2 is 2.19 bits per heavy atom. The molecule has 0 saturated carbocycles. The Hall–Kier alpha value is -1.12. The Balaban J connectivity index is 3.00. The zero-order valence-electron chi connectivity index (χ0n) is 9.43. The van der Waals surface area contributed by atoms with Gasteiger partial charge in [-0.25, -0.2) is 8.42 Å². The number of hydrogen-bond donors (Lipinski definition) is 3. The fraction of sp³-hybridized carbons (Fsp3) is 0.625. The van der Waals surface area contributed by atoms with E-state index in [9.17, 15) is 13.5 Å². The van der Waals surface area contributed by atoms with Crippen LogP contribution >= 0.6 is 0 Å². The SMILES string of the molecule is CN(CC(C)(C)O)S(=O)(=O)c1cn[nH]c1N. The molecule has 0 aliphatic carbocycles. The molecular weight excluding hydrogens is 232 g/mol. The molecule has 0 fully saturated rings. The largest absolute Gasteiger partial charge is 0.389 e. The number of nitrogens with one attached hydrogen (secondary N) is 1. The number of aliphatic hydroxyl groups is 1. The van der Waals surface area contributed by atoms with Crippen molar-refractivity contribution in [2.75, 3.05) is 19.3 Å². The van der Waals surface area contributed by atoms with Crippen molar-refractivity contribution in [1.82, 2.24) is 14.5 Å². The fourth-order valence-corrected chi connectivity index (χ4v) is 2.62. The average Bonchev–Trinajstić information content (AvgIpc) is 2.48. The van der Waals surface area contributed by atoms with Crippen LogP contribution in [-0.2, 0) is 10.0 Å². The number of H-pyrrole nitrogens is 1. The van der Waals surface area contributed by atoms with Crippen LogP contribution in [0.3, 0.4) is 0 Å². The number of aromatic amines is 1. The molecule has 0 radical (unpaired) electrons. The van der Waals surface area contributed by atoms with Crippen LogP contribution in [0.2, 0.25) is 0 Å². The third-order valence-electron chi connectivity index (χ3n) is 1.93. The van der Waals surface area contributed by atoms with Crippen LogP contribution in [0.15, 0.2) is 11.1 Å². The summed E-state index contributed by atoms with van der Waals surface area (Å²) in [5, 5.41) is 15.5. The lowest BCUT2D eigenvalue weighted by atomic mass is 10.1. The summed E-state index contributed by atoms with van der Waals surface area (Å²) in [4.78, 5) is -0.0840. The summed E-state index contributed by atoms with van der Waals surface area (Å²) in [6.07, 6.45) is 1.14. The summed E-state index contributed by atoms with van der Waals surface area (Å²) in [7, 11) is -2.33. The van der Waals surface area contributed by atoms with E-state index in [0.29, 0.717) is 0 Å². The van der Waals surface area contributed by atoms with Crippen molar-refractivity contribution in [3.63, 3.8) is 0 Å². The summed E-state index contributed by atoms with van der Waals surface area (Å²) in [5.41, 5.74) is 4.33. The number of nitrogen functional groups attached to an aromatic ring is 1. The molecule has 4 N–H and O–H groups in total. The van der Waals surface area contributed by atoms with Gasteiger partial charge in [0.15, 0.2) is 0 Å². The second kappa shape index (κ2) is 4.04. The summed E-state index contributed by atoms with van der Waals surface area (Å²) in [6.45, 7) is 3.02. The van der Waals surface area contributed by atoms with Gasteiger partial charge in [0.2, 0.25) is 10.0 Å². The first kappa shape index (κ1) is 12.9. The summed E-state index contributed by atoms with van der Waals surface area (Å²) in [5.74, 6) is -0.0115. The normalized spacial score (nSPS) is 13.3. The van der Waals surface area contributed by atoms with Gasteiger partial charge in [0.25, 0.3) is 0 Å². The molecule has 0 bridgehead atoms. The first-order valence-electron chi connectivity index (χ1n) is 4.62. The number of rotatable bonds is 4. The quantitative estimate of drug-likeness (QED) is 0.657. The molecule has 8 heteroatoms. The maximum atomic E-state index is 12.0. The van der Waals surface area contributed by atoms with E-state index in [1.54, 1.807) is 0 Å². The smallest absolute Gasteiger partial charge is 0.248 e. The molecule has 1 rings (SSSR count). The van der Waals surface area contributed by atoms with Crippen molar-refractivity contribution in [3.05, 3.63) is 6.20 Å². The van der Waals surface area contributed by atoms with Gasteiger partial charge in [-0.05, 0) is 13.8 Å². The molecule has 0 spiro atoms. The maximum absolute atomic E-state index is 12.0. The third-order valence-corrected chi connectivity index (χ3v) is 3.76. The minimum atomic E-state index is -3.70. The zero-order chi connectivity index (χ0) is 12.6. The van der Waals surface area contributed by atoms with Gasteiger partial charge in [-0.3, -0.25) is 5.10 Å². The molecule has 92 valence electrons. The first-order chi connectivity index (χ1) is 7.14. The zero-order valence-corrected chi connectivity index (χ0v) is 10.2. The molecule has 1 heterocycles. The van der Waals surface area contributed by atoms with Gasteiger partial charge in [0.05, 0.1) is 11.8 Å². The highest BCUT2D eigenvalue weighted by Crippen LogP contribution is 2.19. The monoisotopic (exact) mass is 248 g/mol. The number of aromatic nitrogens is 2. The van der Waals surface area contributed by atoms with Crippen LogP contribution in [0, 0.1) is 0 Å². The Morgan fingerprint density at radius 1 is 1.62 bits per heavy atom. The molecule has 16 heavy (non-hydrogen) atoms. The second-order valence-corrected chi connectivity index (χ2v) is 6.23. The van der Waals surface area contributed by atoms with Crippen molar-refractivity contribution in [2.24, 2.45) is 0 Å². The van der Waals surface area contributed by atoms with Gasteiger partial charge in [0, 0.05) is 13.6 Å². The van der Waals surface area contributed by atoms with E-state index in [1.807, 2.05) is 0 Å². The number of hydrogen-bond acceptors (Lipinski definition) is 5. The van der Waals surface area contributed by atoms with Gasteiger partial charge in [0.1, 0.15) is 10.7 Å². The van der Waals surface area contributed by atoms with E-state index >= 15 is 0 Å². The van der Waals surface area contributed by atoms with Gasteiger partial charge in [-0.1, -0.05) is 0 Å². The van der Waals surface area contributed by atoms with Crippen molar-refractivity contribution in [3.8, 4) is 0 Å². The molecule has 0 aliphatic heterocycles. The van der Waals surface area contributed by atoms with E-state index in [4.69, 9.17) is 5.73 Å². The number of sulfonamides is 1. The molecule has 0 aliphatic rings. The Labute approximate surface area is 94.3 Å². The standard InChI is InChI=1S/C8H16N4O3S/c1-8(2,13)5-12(3)16(14,15)6-4-10-11-7(6)9/h4,13H,5H2,1-3H3,(H3,9,10,11). The Bertz CT molecular complexity index is 460. The van der Waals surface area contributed by atoms with Crippen LogP contribution in [0.25, 0.3) is 0 Å². The number of nitrogens with zero attached hydrogens (tertiary/aromatic N) is 2. The van der Waals surface area contributed by atoms with Gasteiger partial charge >= 0.3 is 0 Å². The predicted molar refractivity (Wildman–Crippen MR) is 59.1 cm³/mol. The van der Waals surface area contributed by atoms with Crippen molar-refractivity contribution in [1.29, 1.82) is 0 Å². The van der Waals surface area contributed by atoms with Crippen molar-refractivity contribution < 1.29 is 13.5 Å². The molecule has 1 aromatic rings. The molecule has 0 aromatic carbocycles. The molecule has 1 aromatic heterocycles. The van der Waals surface area contributed by atoms with Gasteiger partial charge < -0.3 is 10.8 Å². The number of likely N-dealkylation sites (N-methyl/N-ethyl adjacent to an activating group) is 1. The highest BCUT2D eigenvalue weighted by Gasteiger charge is 2.28. The predicted octanol–water partition coefficient (Wildman–Crippen LogP) is -0.617. The van der Waals surface area contributed by atoms with E-state index in [-0.39, 0.29) is 17.3 Å². The van der Waals surface area contributed by atoms with Gasteiger partial charge in [-0.2, -0.15) is 9.40 Å². The first-order valence-corrected chi connectivity index (χ1v) is 6.06. The lowest BCUT2D eigenvalue weighted by Gasteiger charge is -2.24. The van der Waals surface area contributed by atoms with Crippen LogP contribution in [0.1, 0.15) is 13.8 Å². The minimum absolute atomic E-state index is 0.0115. The molecule has 7 nitrogen and oxygen atoms in total. The second-order valence-electron chi connectivity index (χ2n) is 4.22. The average molecular weight is 248 g/mol. The van der Waals surface area contributed by atoms with E-state index in [0.717, 1.165) is 10.5 Å². The number of anilines is 1. The van der Waals surface area contributed by atoms with E-state index in [2.05, 4.69) is 10.2 Å². The summed E-state index contributed by atoms with van der Waals surface area (Å²) >= 11 is 0. The molecule has 0 amide bonds. The topological polar surface area (TPSA) is 112 Å². The molecule has 0 atom stereocenters. The lowest BCUT2D eigenvalue weighted by Crippen LogP contribution is -2.39. The fourth-order valence-electron chi connectivity index (χ4n) is 1.29. The van der Waals surface area contributed by atoms with Gasteiger partial charge in [-0.15, -0.1) is 0 Å². The van der Waals surface area contributed by atoms with E-state index < -0.39 is 15.6 Å². The van der Waals surface area contributed by atoms with Crippen LogP contribution < -0.4 is 5.73 Å². The molecular formula is C8H16N4O3S. The number of nitrogens with two attached hydrogens (primary N) is 1. The van der Waals surface area contributed by atoms with Crippen LogP contribution in [-0.4, -0.2) is 47.2 Å². The van der Waals surface area contributed by atoms with E-state index in [1.165, 1.54) is 20.9 Å². The highest BCUT2D eigenvalue weighted by molar-refractivity contribution is 7.89. The summed E-state index contributed by atoms with van der Waals surface area (Å²) < 4.78 is 25.0. The Morgan fingerprint density at radius 3 is 2.56 bits per heavy atom. The van der Waals surface area contributed by atoms with Crippen LogP contribution in [0.5, 0.6) is 0 Å². The maximum Gasteiger partial charge on any atom is 0.248 e. The van der Waals surface area contributed by atoms with Crippen LogP contribution in [0.4, 0.5) is 5.82 Å². The summed E-state index contributed by atoms with van der Waals surface area (Å²) in [6, 6.07) is 0. The van der Waals surface area contributed by atoms with Crippen molar-refractivity contribution in [2.45, 2.75) is 24.3 Å².